The number of nitrogens with one attached hydrogen (secondary N) is 1. The zero-order chi connectivity index (χ0) is 13.7. The van der Waals surface area contributed by atoms with Crippen LogP contribution in [-0.4, -0.2) is 28.1 Å². The summed E-state index contributed by atoms with van der Waals surface area (Å²) in [5.74, 6) is -0.501. The van der Waals surface area contributed by atoms with Crippen LogP contribution in [0.1, 0.15) is 23.7 Å². The number of halogens is 1. The van der Waals surface area contributed by atoms with Crippen molar-refractivity contribution in [3.05, 3.63) is 28.2 Å². The van der Waals surface area contributed by atoms with Crippen molar-refractivity contribution in [1.82, 2.24) is 5.32 Å². The van der Waals surface area contributed by atoms with E-state index in [-0.39, 0.29) is 29.6 Å². The first-order valence-electron chi connectivity index (χ1n) is 5.19. The minimum absolute atomic E-state index is 0.0304. The Bertz CT molecular complexity index is 477. The van der Waals surface area contributed by atoms with E-state index in [9.17, 15) is 9.90 Å². The van der Waals surface area contributed by atoms with Crippen LogP contribution < -0.4 is 11.1 Å². The summed E-state index contributed by atoms with van der Waals surface area (Å²) >= 11 is 3.19. The molecule has 0 aliphatic heterocycles. The number of nitrogens with two attached hydrogens (primary N) is 1. The minimum atomic E-state index is -0.418. The minimum Gasteiger partial charge on any atom is -0.507 e. The van der Waals surface area contributed by atoms with Crippen LogP contribution in [0.2, 0.25) is 0 Å². The number of phenols is 1. The van der Waals surface area contributed by atoms with Crippen molar-refractivity contribution < 1.29 is 15.1 Å². The largest absolute Gasteiger partial charge is 0.507 e. The van der Waals surface area contributed by atoms with E-state index in [1.807, 2.05) is 0 Å². The molecule has 1 rings (SSSR count). The van der Waals surface area contributed by atoms with Gasteiger partial charge in [-0.25, -0.2) is 0 Å². The van der Waals surface area contributed by atoms with Crippen LogP contribution in [0, 0.1) is 0 Å². The van der Waals surface area contributed by atoms with Crippen LogP contribution in [0.15, 0.2) is 27.8 Å². The summed E-state index contributed by atoms with van der Waals surface area (Å²) < 4.78 is 0.682. The number of rotatable bonds is 4. The maximum atomic E-state index is 11.8. The Morgan fingerprint density at radius 1 is 1.61 bits per heavy atom. The van der Waals surface area contributed by atoms with E-state index in [2.05, 4.69) is 26.4 Å². The van der Waals surface area contributed by atoms with E-state index in [1.54, 1.807) is 13.0 Å². The number of benzene rings is 1. The fourth-order valence-electron chi connectivity index (χ4n) is 1.40. The lowest BCUT2D eigenvalue weighted by atomic mass is 10.1. The Morgan fingerprint density at radius 3 is 2.83 bits per heavy atom. The second kappa shape index (κ2) is 6.25. The number of carbonyl (C=O) groups excluding carboxylic acids is 1. The third-order valence-corrected chi connectivity index (χ3v) is 2.72. The lowest BCUT2D eigenvalue weighted by molar-refractivity contribution is 0.0938. The predicted octanol–water partition coefficient (Wildman–Crippen LogP) is 1.41. The fourth-order valence-corrected chi connectivity index (χ4v) is 1.75. The standard InChI is InChI=1S/C11H14BrN3O3/c1-6(4-10(13)15-18)14-11(17)8-3-2-7(12)5-9(8)16/h2-3,5-6,16,18H,4H2,1H3,(H2,13,15)(H,14,17). The highest BCUT2D eigenvalue weighted by Crippen LogP contribution is 2.22. The number of hydrogen-bond donors (Lipinski definition) is 4. The maximum Gasteiger partial charge on any atom is 0.255 e. The van der Waals surface area contributed by atoms with Crippen molar-refractivity contribution >= 4 is 27.7 Å². The van der Waals surface area contributed by atoms with Crippen molar-refractivity contribution in [2.24, 2.45) is 10.9 Å². The molecular weight excluding hydrogens is 302 g/mol. The van der Waals surface area contributed by atoms with Crippen LogP contribution in [0.4, 0.5) is 0 Å². The molecule has 0 radical (unpaired) electrons. The van der Waals surface area contributed by atoms with Gasteiger partial charge in [0.05, 0.1) is 5.56 Å². The molecule has 1 unspecified atom stereocenters. The molecule has 0 aliphatic rings. The van der Waals surface area contributed by atoms with Crippen molar-refractivity contribution in [1.29, 1.82) is 0 Å². The number of aromatic hydroxyl groups is 1. The van der Waals surface area contributed by atoms with Gasteiger partial charge in [0.15, 0.2) is 0 Å². The summed E-state index contributed by atoms with van der Waals surface area (Å²) in [7, 11) is 0. The van der Waals surface area contributed by atoms with Gasteiger partial charge in [-0.15, -0.1) is 0 Å². The summed E-state index contributed by atoms with van der Waals surface area (Å²) in [6, 6.07) is 4.29. The first kappa shape index (κ1) is 14.3. The van der Waals surface area contributed by atoms with Gasteiger partial charge in [0.2, 0.25) is 0 Å². The molecule has 0 saturated heterocycles. The molecule has 1 aromatic carbocycles. The van der Waals surface area contributed by atoms with E-state index in [0.29, 0.717) is 4.47 Å². The van der Waals surface area contributed by atoms with Crippen molar-refractivity contribution in [2.45, 2.75) is 19.4 Å². The molecule has 1 amide bonds. The lowest BCUT2D eigenvalue weighted by Gasteiger charge is -2.13. The van der Waals surface area contributed by atoms with Crippen molar-refractivity contribution in [2.75, 3.05) is 0 Å². The zero-order valence-corrected chi connectivity index (χ0v) is 11.3. The highest BCUT2D eigenvalue weighted by atomic mass is 79.9. The smallest absolute Gasteiger partial charge is 0.255 e. The van der Waals surface area contributed by atoms with Crippen molar-refractivity contribution in [3.63, 3.8) is 0 Å². The number of amidine groups is 1. The number of hydrogen-bond acceptors (Lipinski definition) is 4. The van der Waals surface area contributed by atoms with Gasteiger partial charge in [-0.1, -0.05) is 21.1 Å². The Hall–Kier alpha value is -1.76. The Balaban J connectivity index is 2.71. The molecule has 18 heavy (non-hydrogen) atoms. The SMILES string of the molecule is CC(CC(N)=NO)NC(=O)c1ccc(Br)cc1O. The molecule has 0 spiro atoms. The Kier molecular flexibility index (Phi) is 4.96. The average Bonchev–Trinajstić information content (AvgIpc) is 2.28. The summed E-state index contributed by atoms with van der Waals surface area (Å²) in [6.45, 7) is 1.71. The summed E-state index contributed by atoms with van der Waals surface area (Å²) in [6.07, 6.45) is 0.222. The van der Waals surface area contributed by atoms with E-state index in [1.165, 1.54) is 12.1 Å². The molecule has 0 heterocycles. The van der Waals surface area contributed by atoms with Crippen LogP contribution >= 0.6 is 15.9 Å². The maximum absolute atomic E-state index is 11.8. The number of oxime groups is 1. The highest BCUT2D eigenvalue weighted by molar-refractivity contribution is 9.10. The topological polar surface area (TPSA) is 108 Å². The van der Waals surface area contributed by atoms with Crippen LogP contribution in [0.3, 0.4) is 0 Å². The molecule has 0 fully saturated rings. The molecule has 0 bridgehead atoms. The number of carbonyl (C=O) groups is 1. The van der Waals surface area contributed by atoms with Crippen molar-refractivity contribution in [3.8, 4) is 5.75 Å². The second-order valence-electron chi connectivity index (χ2n) is 3.83. The molecule has 6 nitrogen and oxygen atoms in total. The first-order valence-corrected chi connectivity index (χ1v) is 5.99. The molecule has 1 atom stereocenters. The number of amides is 1. The van der Waals surface area contributed by atoms with E-state index < -0.39 is 5.91 Å². The Morgan fingerprint density at radius 2 is 2.28 bits per heavy atom. The predicted molar refractivity (Wildman–Crippen MR) is 70.8 cm³/mol. The zero-order valence-electron chi connectivity index (χ0n) is 9.72. The van der Waals surface area contributed by atoms with E-state index in [0.717, 1.165) is 0 Å². The summed E-state index contributed by atoms with van der Waals surface area (Å²) in [4.78, 5) is 11.8. The normalized spacial score (nSPS) is 13.1. The van der Waals surface area contributed by atoms with Crippen LogP contribution in [0.5, 0.6) is 5.75 Å². The van der Waals surface area contributed by atoms with Crippen LogP contribution in [-0.2, 0) is 0 Å². The van der Waals surface area contributed by atoms with Gasteiger partial charge in [0.1, 0.15) is 11.6 Å². The molecule has 98 valence electrons. The monoisotopic (exact) mass is 315 g/mol. The molecule has 0 aliphatic carbocycles. The third kappa shape index (κ3) is 3.92. The summed E-state index contributed by atoms with van der Waals surface area (Å²) in [5, 5.41) is 23.5. The second-order valence-corrected chi connectivity index (χ2v) is 4.75. The molecule has 7 heteroatoms. The molecule has 1 aromatic rings. The van der Waals surface area contributed by atoms with E-state index in [4.69, 9.17) is 10.9 Å². The van der Waals surface area contributed by atoms with Gasteiger partial charge in [-0.05, 0) is 25.1 Å². The van der Waals surface area contributed by atoms with Crippen LogP contribution in [0.25, 0.3) is 0 Å². The summed E-state index contributed by atoms with van der Waals surface area (Å²) in [5.41, 5.74) is 5.50. The highest BCUT2D eigenvalue weighted by Gasteiger charge is 2.14. The molecule has 5 N–H and O–H groups in total. The fraction of sp³-hybridized carbons (Fsp3) is 0.273. The molecule has 0 saturated carbocycles. The Labute approximate surface area is 113 Å². The molecule has 0 aromatic heterocycles. The third-order valence-electron chi connectivity index (χ3n) is 2.23. The van der Waals surface area contributed by atoms with Gasteiger partial charge < -0.3 is 21.4 Å². The number of nitrogens with zero attached hydrogens (tertiary/aromatic N) is 1. The average molecular weight is 316 g/mol. The molecular formula is C11H14BrN3O3. The quantitative estimate of drug-likeness (QED) is 0.291. The van der Waals surface area contributed by atoms with Gasteiger partial charge in [0.25, 0.3) is 5.91 Å². The van der Waals surface area contributed by atoms with Gasteiger partial charge >= 0.3 is 0 Å². The van der Waals surface area contributed by atoms with Gasteiger partial charge in [-0.3, -0.25) is 4.79 Å². The lowest BCUT2D eigenvalue weighted by Crippen LogP contribution is -2.35. The van der Waals surface area contributed by atoms with E-state index >= 15 is 0 Å². The first-order chi connectivity index (χ1) is 8.43. The number of phenolic OH excluding ortho intramolecular Hbond substituents is 1. The van der Waals surface area contributed by atoms with Gasteiger partial charge in [-0.2, -0.15) is 0 Å². The van der Waals surface area contributed by atoms with Gasteiger partial charge in [0, 0.05) is 16.9 Å².